The second-order valence-corrected chi connectivity index (χ2v) is 13.7. The summed E-state index contributed by atoms with van der Waals surface area (Å²) in [7, 11) is 0. The molecule has 2 unspecified atom stereocenters. The molecule has 34 heavy (non-hydrogen) atoms. The summed E-state index contributed by atoms with van der Waals surface area (Å²) in [6.45, 7) is 1.20. The van der Waals surface area contributed by atoms with E-state index in [0.717, 1.165) is 9.84 Å². The van der Waals surface area contributed by atoms with Crippen LogP contribution in [0.15, 0.2) is 23.4 Å². The van der Waals surface area contributed by atoms with E-state index < -0.39 is 0 Å². The molecule has 1 saturated heterocycles. The Balaban J connectivity index is 1.52. The van der Waals surface area contributed by atoms with Crippen LogP contribution in [0.2, 0.25) is 0 Å². The first-order valence-corrected chi connectivity index (χ1v) is 16.6. The first kappa shape index (κ1) is 27.0. The van der Waals surface area contributed by atoms with E-state index in [1.54, 1.807) is 11.3 Å². The average molecular weight is 581 g/mol. The molecule has 2 atom stereocenters. The molecule has 0 radical (unpaired) electrons. The number of allylic oxidation sites excluding steroid dienone is 2. The average Bonchev–Trinajstić information content (AvgIpc) is 2.84. The summed E-state index contributed by atoms with van der Waals surface area (Å²) in [4.78, 5) is 0. The fraction of sp³-hybridized carbons (Fsp3) is 0.871. The lowest BCUT2D eigenvalue weighted by Crippen LogP contribution is -2.44. The Morgan fingerprint density at radius 3 is 1.85 bits per heavy atom. The highest BCUT2D eigenvalue weighted by atomic mass is 127. The third-order valence-corrected chi connectivity index (χ3v) is 10.4. The van der Waals surface area contributed by atoms with Crippen molar-refractivity contribution >= 4 is 22.6 Å². The van der Waals surface area contributed by atoms with Crippen LogP contribution in [0.5, 0.6) is 0 Å². The van der Waals surface area contributed by atoms with Crippen LogP contribution in [0.1, 0.15) is 135 Å². The van der Waals surface area contributed by atoms with E-state index >= 15 is 0 Å². The molecule has 0 aromatic heterocycles. The molecule has 2 nitrogen and oxygen atoms in total. The fourth-order valence-electron chi connectivity index (χ4n) is 7.01. The number of fused-ring (bicyclic) bond motifs is 1. The largest absolute Gasteiger partial charge is 0.385 e. The Kier molecular flexibility index (Phi) is 12.1. The van der Waals surface area contributed by atoms with Crippen LogP contribution >= 0.6 is 22.6 Å². The van der Waals surface area contributed by atoms with Crippen LogP contribution in [-0.4, -0.2) is 22.6 Å². The summed E-state index contributed by atoms with van der Waals surface area (Å²) in [5.41, 5.74) is 3.30. The van der Waals surface area contributed by atoms with Crippen molar-refractivity contribution < 1.29 is 0 Å². The van der Waals surface area contributed by atoms with Crippen molar-refractivity contribution in [2.45, 2.75) is 151 Å². The maximum absolute atomic E-state index is 4.19. The quantitative estimate of drug-likeness (QED) is 0.257. The number of rotatable bonds is 3. The minimum Gasteiger partial charge on any atom is -0.385 e. The molecule has 0 aromatic rings. The van der Waals surface area contributed by atoms with Gasteiger partial charge in [-0.05, 0) is 75.5 Å². The van der Waals surface area contributed by atoms with E-state index in [1.165, 1.54) is 141 Å². The van der Waals surface area contributed by atoms with Gasteiger partial charge in [0.15, 0.2) is 0 Å². The van der Waals surface area contributed by atoms with Gasteiger partial charge in [0, 0.05) is 27.6 Å². The summed E-state index contributed by atoms with van der Waals surface area (Å²) in [6.07, 6.45) is 35.1. The predicted octanol–water partition coefficient (Wildman–Crippen LogP) is 9.00. The van der Waals surface area contributed by atoms with E-state index in [4.69, 9.17) is 0 Å². The van der Waals surface area contributed by atoms with E-state index in [2.05, 4.69) is 45.4 Å². The zero-order valence-electron chi connectivity index (χ0n) is 22.0. The number of nitrogens with one attached hydrogen (secondary N) is 2. The molecular formula is C31H53IN2. The van der Waals surface area contributed by atoms with Crippen molar-refractivity contribution in [3.8, 4) is 0 Å². The number of hydrogen-bond donors (Lipinski definition) is 2. The van der Waals surface area contributed by atoms with Crippen molar-refractivity contribution in [3.05, 3.63) is 23.4 Å². The summed E-state index contributed by atoms with van der Waals surface area (Å²) < 4.78 is 0.894. The van der Waals surface area contributed by atoms with Crippen LogP contribution in [-0.2, 0) is 0 Å². The second kappa shape index (κ2) is 15.3. The maximum atomic E-state index is 4.19. The number of hydrogen-bond acceptors (Lipinski definition) is 2. The van der Waals surface area contributed by atoms with Crippen molar-refractivity contribution in [1.29, 1.82) is 0 Å². The third kappa shape index (κ3) is 8.82. The van der Waals surface area contributed by atoms with Crippen LogP contribution in [0, 0.1) is 11.8 Å². The van der Waals surface area contributed by atoms with Crippen molar-refractivity contribution in [2.24, 2.45) is 11.8 Å². The molecule has 4 aliphatic rings. The van der Waals surface area contributed by atoms with Gasteiger partial charge in [-0.3, -0.25) is 0 Å². The normalized spacial score (nSPS) is 33.9. The zero-order valence-corrected chi connectivity index (χ0v) is 24.1. The Morgan fingerprint density at radius 1 is 0.647 bits per heavy atom. The van der Waals surface area contributed by atoms with Crippen LogP contribution in [0.4, 0.5) is 0 Å². The minimum atomic E-state index is 0.540. The molecule has 4 rings (SSSR count). The molecule has 0 amide bonds. The summed E-state index contributed by atoms with van der Waals surface area (Å²) in [5, 5.41) is 8.26. The van der Waals surface area contributed by atoms with Gasteiger partial charge in [0.1, 0.15) is 0 Å². The Bertz CT molecular complexity index is 623. The summed E-state index contributed by atoms with van der Waals surface area (Å²) >= 11 is 2.68. The Labute approximate surface area is 225 Å². The lowest BCUT2D eigenvalue weighted by molar-refractivity contribution is 0.338. The molecule has 194 valence electrons. The van der Waals surface area contributed by atoms with Gasteiger partial charge >= 0.3 is 0 Å². The van der Waals surface area contributed by atoms with E-state index in [0.29, 0.717) is 18.0 Å². The molecule has 3 aliphatic carbocycles. The second-order valence-electron chi connectivity index (χ2n) is 12.0. The lowest BCUT2D eigenvalue weighted by Gasteiger charge is -2.38. The molecule has 3 fully saturated rings. The van der Waals surface area contributed by atoms with E-state index in [9.17, 15) is 0 Å². The molecule has 1 heterocycles. The number of alkyl halides is 1. The summed E-state index contributed by atoms with van der Waals surface area (Å²) in [6, 6.07) is 1.24. The van der Waals surface area contributed by atoms with Crippen LogP contribution in [0.25, 0.3) is 0 Å². The van der Waals surface area contributed by atoms with Gasteiger partial charge < -0.3 is 10.6 Å². The van der Waals surface area contributed by atoms with Gasteiger partial charge in [0.05, 0.1) is 0 Å². The zero-order chi connectivity index (χ0) is 23.4. The van der Waals surface area contributed by atoms with Crippen molar-refractivity contribution in [3.63, 3.8) is 0 Å². The first-order chi connectivity index (χ1) is 16.8. The fourth-order valence-corrected chi connectivity index (χ4v) is 7.73. The minimum absolute atomic E-state index is 0.540. The van der Waals surface area contributed by atoms with Crippen molar-refractivity contribution in [2.75, 3.05) is 6.54 Å². The smallest absolute Gasteiger partial charge is 0.0338 e. The van der Waals surface area contributed by atoms with Gasteiger partial charge in [-0.1, -0.05) is 112 Å². The molecule has 0 bridgehead atoms. The molecule has 0 spiro atoms. The molecule has 2 saturated carbocycles. The highest BCUT2D eigenvalue weighted by molar-refractivity contribution is 14.1. The van der Waals surface area contributed by atoms with Crippen LogP contribution in [0.3, 0.4) is 0 Å². The molecule has 2 N–H and O–H groups in total. The monoisotopic (exact) mass is 580 g/mol. The van der Waals surface area contributed by atoms with Gasteiger partial charge in [-0.25, -0.2) is 0 Å². The maximum Gasteiger partial charge on any atom is 0.0338 e. The Hall–Kier alpha value is -0.0300. The molecule has 0 aromatic carbocycles. The van der Waals surface area contributed by atoms with Gasteiger partial charge in [0.2, 0.25) is 0 Å². The number of halogens is 1. The van der Waals surface area contributed by atoms with E-state index in [-0.39, 0.29) is 0 Å². The lowest BCUT2D eigenvalue weighted by atomic mass is 9.78. The van der Waals surface area contributed by atoms with Gasteiger partial charge in [-0.15, -0.1) is 0 Å². The highest BCUT2D eigenvalue weighted by Crippen LogP contribution is 2.36. The third-order valence-electron chi connectivity index (χ3n) is 9.20. The van der Waals surface area contributed by atoms with Gasteiger partial charge in [0.25, 0.3) is 0 Å². The van der Waals surface area contributed by atoms with Crippen LogP contribution < -0.4 is 10.6 Å². The van der Waals surface area contributed by atoms with Crippen molar-refractivity contribution in [1.82, 2.24) is 10.6 Å². The van der Waals surface area contributed by atoms with Gasteiger partial charge in [-0.2, -0.15) is 0 Å². The highest BCUT2D eigenvalue weighted by Gasteiger charge is 2.31. The molecular weight excluding hydrogens is 527 g/mol. The molecule has 3 heteroatoms. The van der Waals surface area contributed by atoms with E-state index in [1.807, 2.05) is 0 Å². The topological polar surface area (TPSA) is 24.1 Å². The standard InChI is InChI=1S/C31H53IN2/c32-27-18-20-28(21-19-27)34-31-24-26(25-15-11-7-3-1-4-8-12-16-25)23-30-29(31)17-13-9-5-2-6-10-14-22-33-30/h23-25,27-30,33-34H,1-22H2/t27-,28+,29?,30?. The molecule has 1 aliphatic heterocycles. The first-order valence-electron chi connectivity index (χ1n) is 15.4. The Morgan fingerprint density at radius 2 is 1.21 bits per heavy atom. The summed E-state index contributed by atoms with van der Waals surface area (Å²) in [5.74, 6) is 1.43. The SMILES string of the molecule is I[C@H]1CC[C@@H](NC2=CC(C3CCCCCCCCC3)=CC3NCCCCCCCCCC23)CC1. The predicted molar refractivity (Wildman–Crippen MR) is 157 cm³/mol.